The summed E-state index contributed by atoms with van der Waals surface area (Å²) in [6, 6.07) is 0. The second-order valence-corrected chi connectivity index (χ2v) is 2.92. The average molecular weight is 190 g/mol. The van der Waals surface area contributed by atoms with Gasteiger partial charge in [0.15, 0.2) is 0 Å². The highest BCUT2D eigenvalue weighted by Crippen LogP contribution is 1.68. The van der Waals surface area contributed by atoms with Gasteiger partial charge in [0, 0.05) is 39.3 Å². The maximum absolute atomic E-state index is 8.86. The topological polar surface area (TPSA) is 82.3 Å². The Morgan fingerprint density at radius 2 is 1.62 bits per heavy atom. The van der Waals surface area contributed by atoms with Gasteiger partial charge in [-0.1, -0.05) is 0 Å². The van der Waals surface area contributed by atoms with Gasteiger partial charge in [-0.3, -0.25) is 5.32 Å². The van der Waals surface area contributed by atoms with Crippen LogP contribution in [0.25, 0.3) is 0 Å². The Morgan fingerprint density at radius 1 is 1.08 bits per heavy atom. The van der Waals surface area contributed by atoms with Crippen molar-refractivity contribution in [2.45, 2.75) is 13.2 Å². The maximum Gasteiger partial charge on any atom is 0.102 e. The molecule has 80 valence electrons. The van der Waals surface area contributed by atoms with Gasteiger partial charge in [-0.05, 0) is 6.92 Å². The summed E-state index contributed by atoms with van der Waals surface area (Å²) in [5.41, 5.74) is 5.30. The second-order valence-electron chi connectivity index (χ2n) is 2.92. The van der Waals surface area contributed by atoms with Crippen molar-refractivity contribution in [3.63, 3.8) is 0 Å². The van der Waals surface area contributed by atoms with Crippen LogP contribution in [-0.4, -0.2) is 50.6 Å². The molecule has 0 spiro atoms. The Morgan fingerprint density at radius 3 is 2.15 bits per heavy atom. The number of hydrogen-bond acceptors (Lipinski definition) is 5. The van der Waals surface area contributed by atoms with Crippen molar-refractivity contribution in [2.24, 2.45) is 5.73 Å². The lowest BCUT2D eigenvalue weighted by Gasteiger charge is -2.08. The molecule has 13 heavy (non-hydrogen) atoms. The van der Waals surface area contributed by atoms with E-state index in [0.29, 0.717) is 6.54 Å². The molecule has 0 aromatic heterocycles. The van der Waals surface area contributed by atoms with Crippen LogP contribution in [0.3, 0.4) is 0 Å². The van der Waals surface area contributed by atoms with Crippen LogP contribution in [0.4, 0.5) is 0 Å². The number of hydrogen-bond donors (Lipinski definition) is 5. The third-order valence-corrected chi connectivity index (χ3v) is 1.54. The van der Waals surface area contributed by atoms with Gasteiger partial charge in [0.05, 0.1) is 0 Å². The van der Waals surface area contributed by atoms with Gasteiger partial charge in [0.1, 0.15) is 6.23 Å². The third-order valence-electron chi connectivity index (χ3n) is 1.54. The lowest BCUT2D eigenvalue weighted by atomic mass is 10.5. The molecule has 0 fully saturated rings. The molecule has 1 atom stereocenters. The first-order chi connectivity index (χ1) is 6.27. The molecule has 6 N–H and O–H groups in total. The van der Waals surface area contributed by atoms with E-state index in [1.165, 1.54) is 0 Å². The highest BCUT2D eigenvalue weighted by molar-refractivity contribution is 4.54. The standard InChI is InChI=1S/C8H22N4O/c1-8(13)12-7-6-11-5-4-10-3-2-9/h8,10-13H,2-7,9H2,1H3. The van der Waals surface area contributed by atoms with Gasteiger partial charge in [0.2, 0.25) is 0 Å². The van der Waals surface area contributed by atoms with E-state index in [1.807, 2.05) is 0 Å². The molecular formula is C8H22N4O. The van der Waals surface area contributed by atoms with Crippen molar-refractivity contribution in [1.82, 2.24) is 16.0 Å². The number of aliphatic hydroxyl groups excluding tert-OH is 1. The van der Waals surface area contributed by atoms with E-state index in [4.69, 9.17) is 10.8 Å². The van der Waals surface area contributed by atoms with Crippen LogP contribution in [0, 0.1) is 0 Å². The van der Waals surface area contributed by atoms with Gasteiger partial charge >= 0.3 is 0 Å². The number of nitrogens with one attached hydrogen (secondary N) is 3. The largest absolute Gasteiger partial charge is 0.379 e. The van der Waals surface area contributed by atoms with Crippen molar-refractivity contribution in [2.75, 3.05) is 39.3 Å². The lowest BCUT2D eigenvalue weighted by Crippen LogP contribution is -2.36. The molecular weight excluding hydrogens is 168 g/mol. The van der Waals surface area contributed by atoms with E-state index in [9.17, 15) is 0 Å². The van der Waals surface area contributed by atoms with Gasteiger partial charge in [-0.25, -0.2) is 0 Å². The van der Waals surface area contributed by atoms with Crippen molar-refractivity contribution in [3.05, 3.63) is 0 Å². The summed E-state index contributed by atoms with van der Waals surface area (Å²) >= 11 is 0. The zero-order valence-electron chi connectivity index (χ0n) is 8.34. The molecule has 1 unspecified atom stereocenters. The summed E-state index contributed by atoms with van der Waals surface area (Å²) in [6.07, 6.45) is -0.419. The highest BCUT2D eigenvalue weighted by Gasteiger charge is 1.91. The first-order valence-corrected chi connectivity index (χ1v) is 4.80. The summed E-state index contributed by atoms with van der Waals surface area (Å²) in [7, 11) is 0. The minimum Gasteiger partial charge on any atom is -0.379 e. The molecule has 0 rings (SSSR count). The fourth-order valence-electron chi connectivity index (χ4n) is 0.898. The quantitative estimate of drug-likeness (QED) is 0.216. The predicted octanol–water partition coefficient (Wildman–Crippen LogP) is -1.95. The zero-order valence-corrected chi connectivity index (χ0v) is 8.34. The van der Waals surface area contributed by atoms with E-state index in [-0.39, 0.29) is 0 Å². The minimum atomic E-state index is -0.419. The summed E-state index contributed by atoms with van der Waals surface area (Å²) in [6.45, 7) is 6.79. The monoisotopic (exact) mass is 190 g/mol. The van der Waals surface area contributed by atoms with Crippen LogP contribution in [0.2, 0.25) is 0 Å². The van der Waals surface area contributed by atoms with Crippen molar-refractivity contribution < 1.29 is 5.11 Å². The summed E-state index contributed by atoms with van der Waals surface area (Å²) in [4.78, 5) is 0. The van der Waals surface area contributed by atoms with Crippen LogP contribution in [0.5, 0.6) is 0 Å². The fraction of sp³-hybridized carbons (Fsp3) is 1.00. The van der Waals surface area contributed by atoms with E-state index in [1.54, 1.807) is 6.92 Å². The Labute approximate surface area is 80.1 Å². The Hall–Kier alpha value is -0.200. The molecule has 0 aliphatic carbocycles. The van der Waals surface area contributed by atoms with Gasteiger partial charge in [-0.2, -0.15) is 0 Å². The normalized spacial score (nSPS) is 13.2. The molecule has 0 amide bonds. The SMILES string of the molecule is CC(O)NCCNCCNCCN. The molecule has 0 saturated carbocycles. The number of aliphatic hydroxyl groups is 1. The third kappa shape index (κ3) is 11.8. The van der Waals surface area contributed by atoms with E-state index in [2.05, 4.69) is 16.0 Å². The average Bonchev–Trinajstić information content (AvgIpc) is 2.09. The van der Waals surface area contributed by atoms with Gasteiger partial charge in [0.25, 0.3) is 0 Å². The van der Waals surface area contributed by atoms with Crippen LogP contribution in [0.15, 0.2) is 0 Å². The molecule has 0 saturated heterocycles. The van der Waals surface area contributed by atoms with Gasteiger partial charge < -0.3 is 21.5 Å². The molecule has 5 heteroatoms. The first-order valence-electron chi connectivity index (χ1n) is 4.80. The Kier molecular flexibility index (Phi) is 9.73. The fourth-order valence-corrected chi connectivity index (χ4v) is 0.898. The lowest BCUT2D eigenvalue weighted by molar-refractivity contribution is 0.157. The van der Waals surface area contributed by atoms with E-state index >= 15 is 0 Å². The highest BCUT2D eigenvalue weighted by atomic mass is 16.3. The van der Waals surface area contributed by atoms with E-state index in [0.717, 1.165) is 32.7 Å². The molecule has 0 aliphatic rings. The maximum atomic E-state index is 8.86. The summed E-state index contributed by atoms with van der Waals surface area (Å²) < 4.78 is 0. The summed E-state index contributed by atoms with van der Waals surface area (Å²) in [5, 5.41) is 18.2. The molecule has 0 bridgehead atoms. The molecule has 0 radical (unpaired) electrons. The smallest absolute Gasteiger partial charge is 0.102 e. The van der Waals surface area contributed by atoms with Crippen molar-refractivity contribution in [1.29, 1.82) is 0 Å². The molecule has 5 nitrogen and oxygen atoms in total. The Balaban J connectivity index is 2.84. The van der Waals surface area contributed by atoms with E-state index < -0.39 is 6.23 Å². The van der Waals surface area contributed by atoms with Crippen LogP contribution >= 0.6 is 0 Å². The van der Waals surface area contributed by atoms with Crippen molar-refractivity contribution in [3.8, 4) is 0 Å². The van der Waals surface area contributed by atoms with Crippen LogP contribution in [-0.2, 0) is 0 Å². The molecule has 0 aromatic rings. The Bertz CT molecular complexity index is 100. The van der Waals surface area contributed by atoms with Crippen LogP contribution in [0.1, 0.15) is 6.92 Å². The number of rotatable bonds is 9. The minimum absolute atomic E-state index is 0.419. The van der Waals surface area contributed by atoms with Crippen molar-refractivity contribution >= 4 is 0 Å². The second kappa shape index (κ2) is 9.88. The predicted molar refractivity (Wildman–Crippen MR) is 54.5 cm³/mol. The zero-order chi connectivity index (χ0) is 9.94. The molecule has 0 heterocycles. The first kappa shape index (κ1) is 12.8. The molecule has 0 aromatic carbocycles. The van der Waals surface area contributed by atoms with Crippen LogP contribution < -0.4 is 21.7 Å². The molecule has 0 aliphatic heterocycles. The summed E-state index contributed by atoms with van der Waals surface area (Å²) in [5.74, 6) is 0. The number of nitrogens with two attached hydrogens (primary N) is 1. The van der Waals surface area contributed by atoms with Gasteiger partial charge in [-0.15, -0.1) is 0 Å².